The van der Waals surface area contributed by atoms with E-state index >= 15 is 0 Å². The van der Waals surface area contributed by atoms with Crippen molar-refractivity contribution in [2.24, 2.45) is 0 Å². The highest BCUT2D eigenvalue weighted by Crippen LogP contribution is 2.26. The van der Waals surface area contributed by atoms with E-state index in [-0.39, 0.29) is 29.8 Å². The molecule has 0 bridgehead atoms. The second-order valence-electron chi connectivity index (χ2n) is 12.0. The van der Waals surface area contributed by atoms with Gasteiger partial charge in [0.25, 0.3) is 10.0 Å². The molecule has 1 fully saturated rings. The predicted octanol–water partition coefficient (Wildman–Crippen LogP) is 6.96. The van der Waals surface area contributed by atoms with Crippen molar-refractivity contribution in [3.63, 3.8) is 0 Å². The number of carbonyl (C=O) groups excluding carboxylic acids is 2. The number of nitrogens with zero attached hydrogens (tertiary/aromatic N) is 2. The van der Waals surface area contributed by atoms with Crippen molar-refractivity contribution < 1.29 is 18.0 Å². The van der Waals surface area contributed by atoms with Gasteiger partial charge in [-0.05, 0) is 74.2 Å². The van der Waals surface area contributed by atoms with E-state index in [4.69, 9.17) is 0 Å². The molecule has 1 aliphatic rings. The van der Waals surface area contributed by atoms with Gasteiger partial charge in [0.2, 0.25) is 11.8 Å². The van der Waals surface area contributed by atoms with Crippen LogP contribution in [-0.4, -0.2) is 43.8 Å². The van der Waals surface area contributed by atoms with E-state index in [1.54, 1.807) is 41.3 Å². The van der Waals surface area contributed by atoms with Crippen molar-refractivity contribution in [2.75, 3.05) is 10.8 Å². The summed E-state index contributed by atoms with van der Waals surface area (Å²) >= 11 is 3.53. The van der Waals surface area contributed by atoms with Gasteiger partial charge in [-0.1, -0.05) is 107 Å². The van der Waals surface area contributed by atoms with Crippen LogP contribution < -0.4 is 9.62 Å². The summed E-state index contributed by atoms with van der Waals surface area (Å²) in [5.41, 5.74) is 3.98. The highest BCUT2D eigenvalue weighted by Gasteiger charge is 2.35. The molecule has 4 aromatic rings. The van der Waals surface area contributed by atoms with Crippen LogP contribution in [-0.2, 0) is 32.6 Å². The summed E-state index contributed by atoms with van der Waals surface area (Å²) < 4.78 is 30.4. The van der Waals surface area contributed by atoms with Gasteiger partial charge in [-0.15, -0.1) is 0 Å². The number of hydrogen-bond acceptors (Lipinski definition) is 4. The quantitative estimate of drug-likeness (QED) is 0.173. The number of nitrogens with one attached hydrogen (secondary N) is 1. The zero-order chi connectivity index (χ0) is 32.7. The zero-order valence-corrected chi connectivity index (χ0v) is 28.6. The maximum atomic E-state index is 14.6. The molecule has 0 spiro atoms. The van der Waals surface area contributed by atoms with Crippen LogP contribution in [0.3, 0.4) is 0 Å². The fraction of sp³-hybridized carbons (Fsp3) is 0.297. The van der Waals surface area contributed by atoms with Gasteiger partial charge in [-0.25, -0.2) is 8.42 Å². The minimum absolute atomic E-state index is 0.0552. The molecule has 0 heterocycles. The summed E-state index contributed by atoms with van der Waals surface area (Å²) in [6.07, 6.45) is 4.20. The molecule has 1 saturated carbocycles. The molecule has 1 aliphatic carbocycles. The van der Waals surface area contributed by atoms with Gasteiger partial charge < -0.3 is 10.2 Å². The topological polar surface area (TPSA) is 86.8 Å². The van der Waals surface area contributed by atoms with Crippen molar-refractivity contribution in [2.45, 2.75) is 69.5 Å². The highest BCUT2D eigenvalue weighted by molar-refractivity contribution is 9.10. The number of sulfonamides is 1. The smallest absolute Gasteiger partial charge is 0.264 e. The lowest BCUT2D eigenvalue weighted by Gasteiger charge is -2.34. The van der Waals surface area contributed by atoms with Gasteiger partial charge in [0.1, 0.15) is 12.6 Å². The van der Waals surface area contributed by atoms with Crippen molar-refractivity contribution in [3.8, 4) is 0 Å². The first-order chi connectivity index (χ1) is 22.1. The number of rotatable bonds is 12. The first-order valence-corrected chi connectivity index (χ1v) is 17.9. The molecule has 0 saturated heterocycles. The Morgan fingerprint density at radius 2 is 1.43 bits per heavy atom. The second kappa shape index (κ2) is 15.1. The van der Waals surface area contributed by atoms with Crippen LogP contribution in [0.1, 0.15) is 47.9 Å². The predicted molar refractivity (Wildman–Crippen MR) is 186 cm³/mol. The Morgan fingerprint density at radius 1 is 0.826 bits per heavy atom. The number of amides is 2. The molecule has 4 aromatic carbocycles. The minimum Gasteiger partial charge on any atom is -0.352 e. The molecule has 0 aliphatic heterocycles. The summed E-state index contributed by atoms with van der Waals surface area (Å²) in [5, 5.41) is 3.21. The van der Waals surface area contributed by atoms with Crippen molar-refractivity contribution in [3.05, 3.63) is 130 Å². The van der Waals surface area contributed by atoms with Gasteiger partial charge in [0.05, 0.1) is 10.6 Å². The fourth-order valence-corrected chi connectivity index (χ4v) is 7.69. The van der Waals surface area contributed by atoms with Crippen molar-refractivity contribution in [1.29, 1.82) is 0 Å². The summed E-state index contributed by atoms with van der Waals surface area (Å²) in [7, 11) is -4.14. The van der Waals surface area contributed by atoms with Crippen LogP contribution >= 0.6 is 15.9 Å². The molecule has 1 atom stereocenters. The molecule has 1 unspecified atom stereocenters. The summed E-state index contributed by atoms with van der Waals surface area (Å²) in [4.78, 5) is 30.4. The third kappa shape index (κ3) is 8.44. The van der Waals surface area contributed by atoms with E-state index < -0.39 is 28.5 Å². The van der Waals surface area contributed by atoms with E-state index in [9.17, 15) is 18.0 Å². The SMILES string of the molecule is Cc1ccc(N(CC(=O)N(Cc2cccc(Br)c2)C(Cc2ccccc2)C(=O)NC2CCCC2)S(=O)(=O)c2ccc(C)cc2)cc1. The number of carbonyl (C=O) groups is 2. The van der Waals surface area contributed by atoms with Crippen molar-refractivity contribution in [1.82, 2.24) is 10.2 Å². The lowest BCUT2D eigenvalue weighted by Crippen LogP contribution is -2.54. The van der Waals surface area contributed by atoms with Gasteiger partial charge >= 0.3 is 0 Å². The number of halogens is 1. The lowest BCUT2D eigenvalue weighted by molar-refractivity contribution is -0.140. The molecule has 240 valence electrons. The average Bonchev–Trinajstić information content (AvgIpc) is 3.55. The molecule has 46 heavy (non-hydrogen) atoms. The van der Waals surface area contributed by atoms with Crippen LogP contribution in [0.25, 0.3) is 0 Å². The highest BCUT2D eigenvalue weighted by atomic mass is 79.9. The van der Waals surface area contributed by atoms with E-state index in [1.807, 2.05) is 80.6 Å². The molecule has 2 amide bonds. The normalized spacial score (nSPS) is 14.1. The van der Waals surface area contributed by atoms with E-state index in [0.717, 1.165) is 56.7 Å². The molecular weight excluding hydrogens is 662 g/mol. The Hall–Kier alpha value is -3.95. The Bertz CT molecular complexity index is 1740. The monoisotopic (exact) mass is 701 g/mol. The number of benzene rings is 4. The maximum absolute atomic E-state index is 14.6. The molecule has 7 nitrogen and oxygen atoms in total. The Morgan fingerprint density at radius 3 is 2.07 bits per heavy atom. The number of aryl methyl sites for hydroxylation is 2. The van der Waals surface area contributed by atoms with Crippen LogP contribution in [0.5, 0.6) is 0 Å². The van der Waals surface area contributed by atoms with Gasteiger partial charge in [-0.3, -0.25) is 13.9 Å². The van der Waals surface area contributed by atoms with Crippen LogP contribution in [0.2, 0.25) is 0 Å². The molecule has 0 radical (unpaired) electrons. The molecular formula is C37H40BrN3O4S. The first-order valence-electron chi connectivity index (χ1n) is 15.6. The van der Waals surface area contributed by atoms with Gasteiger partial charge in [-0.2, -0.15) is 0 Å². The summed E-state index contributed by atoms with van der Waals surface area (Å²) in [5.74, 6) is -0.707. The van der Waals surface area contributed by atoms with Gasteiger partial charge in [0, 0.05) is 23.5 Å². The molecule has 5 rings (SSSR count). The largest absolute Gasteiger partial charge is 0.352 e. The molecule has 0 aromatic heterocycles. The first kappa shape index (κ1) is 33.4. The zero-order valence-electron chi connectivity index (χ0n) is 26.2. The Balaban J connectivity index is 1.56. The maximum Gasteiger partial charge on any atom is 0.264 e. The standard InChI is InChI=1S/C37H40BrN3O4S/c1-27-15-19-33(20-16-27)41(46(44,45)34-21-17-28(2)18-22-34)26-36(42)40(25-30-11-8-12-31(38)23-30)35(24-29-9-4-3-5-10-29)37(43)39-32-13-6-7-14-32/h3-5,8-12,15-23,32,35H,6-7,13-14,24-26H2,1-2H3,(H,39,43). The molecule has 1 N–H and O–H groups in total. The molecule has 9 heteroatoms. The van der Waals surface area contributed by atoms with Crippen LogP contribution in [0.15, 0.2) is 112 Å². The third-order valence-electron chi connectivity index (χ3n) is 8.42. The van der Waals surface area contributed by atoms with E-state index in [1.165, 1.54) is 0 Å². The number of hydrogen-bond donors (Lipinski definition) is 1. The fourth-order valence-electron chi connectivity index (χ4n) is 5.83. The Labute approximate surface area is 280 Å². The van der Waals surface area contributed by atoms with E-state index in [2.05, 4.69) is 21.2 Å². The second-order valence-corrected chi connectivity index (χ2v) is 14.8. The minimum atomic E-state index is -4.14. The van der Waals surface area contributed by atoms with E-state index in [0.29, 0.717) is 5.69 Å². The lowest BCUT2D eigenvalue weighted by atomic mass is 10.0. The Kier molecular flexibility index (Phi) is 11.0. The third-order valence-corrected chi connectivity index (χ3v) is 10.7. The summed E-state index contributed by atoms with van der Waals surface area (Å²) in [6, 6.07) is 30.1. The number of anilines is 1. The van der Waals surface area contributed by atoms with Crippen LogP contribution in [0.4, 0.5) is 5.69 Å². The van der Waals surface area contributed by atoms with Gasteiger partial charge in [0.15, 0.2) is 0 Å². The van der Waals surface area contributed by atoms with Crippen molar-refractivity contribution >= 4 is 43.5 Å². The van der Waals surface area contributed by atoms with Crippen LogP contribution in [0, 0.1) is 13.8 Å². The summed E-state index contributed by atoms with van der Waals surface area (Å²) in [6.45, 7) is 3.46. The average molecular weight is 703 g/mol.